The molecule has 1 aromatic carbocycles. The molecule has 3 nitrogen and oxygen atoms in total. The Morgan fingerprint density at radius 2 is 1.53 bits per heavy atom. The molecule has 96 valence electrons. The molecule has 0 amide bonds. The third-order valence-electron chi connectivity index (χ3n) is 2.84. The normalized spacial score (nSPS) is 11.2. The molecule has 0 spiro atoms. The second kappa shape index (κ2) is 6.62. The number of nitrogens with zero attached hydrogens (tertiary/aromatic N) is 3. The lowest BCUT2D eigenvalue weighted by Crippen LogP contribution is -2.28. The molecule has 0 aliphatic carbocycles. The summed E-state index contributed by atoms with van der Waals surface area (Å²) in [6.45, 7) is 3.19. The summed E-state index contributed by atoms with van der Waals surface area (Å²) in [4.78, 5) is 6.76. The van der Waals surface area contributed by atoms with E-state index in [1.807, 2.05) is 0 Å². The van der Waals surface area contributed by atoms with Crippen LogP contribution in [-0.4, -0.2) is 58.1 Å². The lowest BCUT2D eigenvalue weighted by atomic mass is 10.1. The van der Waals surface area contributed by atoms with Crippen LogP contribution in [0.1, 0.15) is 5.56 Å². The average Bonchev–Trinajstić information content (AvgIpc) is 2.27. The van der Waals surface area contributed by atoms with Crippen molar-refractivity contribution in [3.05, 3.63) is 29.8 Å². The smallest absolute Gasteiger partial charge is 0.0406 e. The molecule has 0 heterocycles. The van der Waals surface area contributed by atoms with Gasteiger partial charge in [-0.15, -0.1) is 0 Å². The number of anilines is 1. The minimum Gasteiger partial charge on any atom is -0.377 e. The zero-order valence-electron chi connectivity index (χ0n) is 11.8. The number of hydrogen-bond donors (Lipinski definition) is 0. The van der Waals surface area contributed by atoms with Crippen LogP contribution < -0.4 is 4.90 Å². The quantitative estimate of drug-likeness (QED) is 0.744. The van der Waals surface area contributed by atoms with Gasteiger partial charge in [-0.25, -0.2) is 0 Å². The van der Waals surface area contributed by atoms with Crippen molar-refractivity contribution in [3.63, 3.8) is 0 Å². The molecule has 0 saturated carbocycles. The van der Waals surface area contributed by atoms with E-state index in [0.717, 1.165) is 19.6 Å². The predicted molar refractivity (Wildman–Crippen MR) is 75.7 cm³/mol. The highest BCUT2D eigenvalue weighted by Crippen LogP contribution is 2.19. The molecule has 0 aliphatic rings. The molecular weight excluding hydrogens is 210 g/mol. The average molecular weight is 235 g/mol. The van der Waals surface area contributed by atoms with Crippen molar-refractivity contribution in [2.45, 2.75) is 6.54 Å². The fourth-order valence-corrected chi connectivity index (χ4v) is 1.82. The van der Waals surface area contributed by atoms with Crippen LogP contribution in [0.3, 0.4) is 0 Å². The van der Waals surface area contributed by atoms with Crippen molar-refractivity contribution in [1.29, 1.82) is 0 Å². The van der Waals surface area contributed by atoms with E-state index in [4.69, 9.17) is 0 Å². The van der Waals surface area contributed by atoms with E-state index in [2.05, 4.69) is 74.2 Å². The number of para-hydroxylation sites is 1. The van der Waals surface area contributed by atoms with Gasteiger partial charge in [0.25, 0.3) is 0 Å². The first kappa shape index (κ1) is 14.0. The molecule has 0 saturated heterocycles. The van der Waals surface area contributed by atoms with E-state index in [1.54, 1.807) is 0 Å². The van der Waals surface area contributed by atoms with Crippen LogP contribution in [0.4, 0.5) is 5.69 Å². The number of benzene rings is 1. The van der Waals surface area contributed by atoms with Gasteiger partial charge in [0.15, 0.2) is 0 Å². The summed E-state index contributed by atoms with van der Waals surface area (Å²) in [6, 6.07) is 8.59. The van der Waals surface area contributed by atoms with Gasteiger partial charge >= 0.3 is 0 Å². The third-order valence-corrected chi connectivity index (χ3v) is 2.84. The summed E-state index contributed by atoms with van der Waals surface area (Å²) in [6.07, 6.45) is 0. The fourth-order valence-electron chi connectivity index (χ4n) is 1.82. The van der Waals surface area contributed by atoms with E-state index < -0.39 is 0 Å². The van der Waals surface area contributed by atoms with Gasteiger partial charge in [-0.2, -0.15) is 0 Å². The zero-order chi connectivity index (χ0) is 12.8. The Labute approximate surface area is 106 Å². The first-order valence-corrected chi connectivity index (χ1v) is 6.09. The van der Waals surface area contributed by atoms with Crippen molar-refractivity contribution in [1.82, 2.24) is 9.80 Å². The minimum atomic E-state index is 1.00. The molecule has 0 fully saturated rings. The fraction of sp³-hybridized carbons (Fsp3) is 0.571. The van der Waals surface area contributed by atoms with Gasteiger partial charge in [-0.05, 0) is 32.8 Å². The Morgan fingerprint density at radius 3 is 2.12 bits per heavy atom. The number of hydrogen-bond acceptors (Lipinski definition) is 3. The van der Waals surface area contributed by atoms with Gasteiger partial charge in [-0.3, -0.25) is 0 Å². The maximum absolute atomic E-state index is 2.36. The lowest BCUT2D eigenvalue weighted by Gasteiger charge is -2.23. The summed E-state index contributed by atoms with van der Waals surface area (Å²) >= 11 is 0. The number of likely N-dealkylation sites (N-methyl/N-ethyl adjacent to an activating group) is 2. The van der Waals surface area contributed by atoms with Crippen LogP contribution >= 0.6 is 0 Å². The second-order valence-electron chi connectivity index (χ2n) is 5.06. The molecule has 0 aliphatic heterocycles. The molecule has 0 aromatic heterocycles. The Kier molecular flexibility index (Phi) is 5.45. The topological polar surface area (TPSA) is 9.72 Å². The van der Waals surface area contributed by atoms with Crippen molar-refractivity contribution in [2.24, 2.45) is 0 Å². The third kappa shape index (κ3) is 4.75. The molecule has 0 unspecified atom stereocenters. The van der Waals surface area contributed by atoms with Crippen molar-refractivity contribution >= 4 is 5.69 Å². The van der Waals surface area contributed by atoms with E-state index in [9.17, 15) is 0 Å². The molecule has 17 heavy (non-hydrogen) atoms. The van der Waals surface area contributed by atoms with Crippen LogP contribution in [0.15, 0.2) is 24.3 Å². The molecular formula is C14H25N3. The zero-order valence-corrected chi connectivity index (χ0v) is 11.8. The van der Waals surface area contributed by atoms with E-state index in [-0.39, 0.29) is 0 Å². The van der Waals surface area contributed by atoms with Gasteiger partial charge in [-0.1, -0.05) is 18.2 Å². The maximum atomic E-state index is 2.36. The van der Waals surface area contributed by atoms with Crippen LogP contribution in [-0.2, 0) is 6.54 Å². The molecule has 0 N–H and O–H groups in total. The summed E-state index contributed by atoms with van der Waals surface area (Å²) < 4.78 is 0. The van der Waals surface area contributed by atoms with Crippen LogP contribution in [0.5, 0.6) is 0 Å². The van der Waals surface area contributed by atoms with Gasteiger partial charge in [0, 0.05) is 39.4 Å². The van der Waals surface area contributed by atoms with Gasteiger partial charge in [0.1, 0.15) is 0 Å². The first-order valence-electron chi connectivity index (χ1n) is 6.09. The lowest BCUT2D eigenvalue weighted by molar-refractivity contribution is 0.276. The van der Waals surface area contributed by atoms with Crippen molar-refractivity contribution in [2.75, 3.05) is 53.2 Å². The first-order chi connectivity index (χ1) is 8.00. The SMILES string of the molecule is CN(C)CCN(C)Cc1ccccc1N(C)C. The maximum Gasteiger partial charge on any atom is 0.0406 e. The highest BCUT2D eigenvalue weighted by Gasteiger charge is 2.06. The van der Waals surface area contributed by atoms with E-state index >= 15 is 0 Å². The van der Waals surface area contributed by atoms with Crippen LogP contribution in [0.2, 0.25) is 0 Å². The van der Waals surface area contributed by atoms with Crippen LogP contribution in [0, 0.1) is 0 Å². The highest BCUT2D eigenvalue weighted by atomic mass is 15.2. The predicted octanol–water partition coefficient (Wildman–Crippen LogP) is 1.75. The summed E-state index contributed by atoms with van der Waals surface area (Å²) in [5.41, 5.74) is 2.70. The summed E-state index contributed by atoms with van der Waals surface area (Å²) in [5, 5.41) is 0. The van der Waals surface area contributed by atoms with Gasteiger partial charge in [0.05, 0.1) is 0 Å². The highest BCUT2D eigenvalue weighted by molar-refractivity contribution is 5.52. The second-order valence-corrected chi connectivity index (χ2v) is 5.06. The van der Waals surface area contributed by atoms with Gasteiger partial charge in [0.2, 0.25) is 0 Å². The van der Waals surface area contributed by atoms with E-state index in [0.29, 0.717) is 0 Å². The molecule has 3 heteroatoms. The Hall–Kier alpha value is -1.06. The molecule has 0 atom stereocenters. The minimum absolute atomic E-state index is 1.00. The molecule has 1 aromatic rings. The van der Waals surface area contributed by atoms with Crippen molar-refractivity contribution in [3.8, 4) is 0 Å². The largest absolute Gasteiger partial charge is 0.377 e. The molecule has 0 radical (unpaired) electrons. The van der Waals surface area contributed by atoms with Gasteiger partial charge < -0.3 is 14.7 Å². The standard InChI is InChI=1S/C14H25N3/c1-15(2)10-11-17(5)12-13-8-6-7-9-14(13)16(3)4/h6-9H,10-12H2,1-5H3. The van der Waals surface area contributed by atoms with Crippen LogP contribution in [0.25, 0.3) is 0 Å². The molecule has 0 bridgehead atoms. The summed E-state index contributed by atoms with van der Waals surface area (Å²) in [7, 11) is 10.6. The van der Waals surface area contributed by atoms with E-state index in [1.165, 1.54) is 11.3 Å². The Morgan fingerprint density at radius 1 is 0.882 bits per heavy atom. The number of rotatable bonds is 6. The Bertz CT molecular complexity index is 334. The molecule has 1 rings (SSSR count). The monoisotopic (exact) mass is 235 g/mol. The Balaban J connectivity index is 2.61. The van der Waals surface area contributed by atoms with Crippen molar-refractivity contribution < 1.29 is 0 Å². The summed E-state index contributed by atoms with van der Waals surface area (Å²) in [5.74, 6) is 0.